The quantitative estimate of drug-likeness (QED) is 0.711. The number of benzene rings is 1. The predicted octanol–water partition coefficient (Wildman–Crippen LogP) is 2.57. The van der Waals surface area contributed by atoms with E-state index in [-0.39, 0.29) is 18.8 Å². The van der Waals surface area contributed by atoms with Gasteiger partial charge in [0.2, 0.25) is 0 Å². The minimum absolute atomic E-state index is 0. The van der Waals surface area contributed by atoms with Crippen LogP contribution in [0.15, 0.2) is 24.3 Å². The van der Waals surface area contributed by atoms with E-state index in [1.165, 1.54) is 0 Å². The second kappa shape index (κ2) is 10.9. The number of hydrogen-bond acceptors (Lipinski definition) is 5. The number of aliphatic carboxylic acids is 1. The maximum absolute atomic E-state index is 11.8. The number of nitrogens with zero attached hydrogens (tertiary/aromatic N) is 1. The molecule has 7 nitrogen and oxygen atoms in total. The first-order chi connectivity index (χ1) is 11.6. The molecule has 0 aromatic heterocycles. The van der Waals surface area contributed by atoms with Crippen molar-refractivity contribution in [1.29, 1.82) is 0 Å². The van der Waals surface area contributed by atoms with Crippen molar-refractivity contribution in [2.45, 2.75) is 38.8 Å². The number of ether oxygens (including phenoxy) is 2. The molecule has 0 radical (unpaired) electrons. The average molecular weight is 389 g/mol. The zero-order valence-electron chi connectivity index (χ0n) is 15.9. The molecule has 0 aliphatic heterocycles. The van der Waals surface area contributed by atoms with E-state index in [9.17, 15) is 14.7 Å². The summed E-state index contributed by atoms with van der Waals surface area (Å²) in [6.45, 7) is 6.54. The van der Waals surface area contributed by atoms with E-state index < -0.39 is 23.7 Å². The fourth-order valence-corrected chi connectivity index (χ4v) is 1.95. The van der Waals surface area contributed by atoms with E-state index in [0.29, 0.717) is 6.61 Å². The van der Waals surface area contributed by atoms with Crippen molar-refractivity contribution in [3.8, 4) is 5.75 Å². The number of nitrogens with one attached hydrogen (secondary N) is 1. The van der Waals surface area contributed by atoms with Crippen LogP contribution in [-0.4, -0.2) is 61.0 Å². The molecule has 0 saturated carbocycles. The van der Waals surface area contributed by atoms with Gasteiger partial charge in [0.25, 0.3) is 0 Å². The maximum atomic E-state index is 11.8. The van der Waals surface area contributed by atoms with Gasteiger partial charge < -0.3 is 24.8 Å². The molecular weight excluding hydrogens is 360 g/mol. The van der Waals surface area contributed by atoms with E-state index >= 15 is 0 Å². The summed E-state index contributed by atoms with van der Waals surface area (Å²) < 4.78 is 10.7. The lowest BCUT2D eigenvalue weighted by Gasteiger charge is -2.22. The Balaban J connectivity index is 0.00000625. The largest absolute Gasteiger partial charge is 0.492 e. The molecule has 1 aromatic rings. The standard InChI is InChI=1S/C18H28N2O5.ClH/c1-18(2,3)25-17(23)19-15(16(21)22)12-13-6-8-14(9-7-13)24-11-10-20(4)5;/h6-9,15H,10-12H2,1-5H3,(H,19,23)(H,21,22);1H/t15-;/m0./s1. The van der Waals surface area contributed by atoms with E-state index in [1.54, 1.807) is 45.0 Å². The summed E-state index contributed by atoms with van der Waals surface area (Å²) in [7, 11) is 3.94. The number of likely N-dealkylation sites (N-methyl/N-ethyl adjacent to an activating group) is 1. The summed E-state index contributed by atoms with van der Waals surface area (Å²) in [6.07, 6.45) is -0.587. The first-order valence-corrected chi connectivity index (χ1v) is 8.15. The third kappa shape index (κ3) is 10.1. The van der Waals surface area contributed by atoms with Crippen LogP contribution in [0.2, 0.25) is 0 Å². The lowest BCUT2D eigenvalue weighted by Crippen LogP contribution is -2.44. The van der Waals surface area contributed by atoms with Crippen molar-refractivity contribution < 1.29 is 24.2 Å². The van der Waals surface area contributed by atoms with Crippen LogP contribution in [0.1, 0.15) is 26.3 Å². The highest BCUT2D eigenvalue weighted by Crippen LogP contribution is 2.14. The fraction of sp³-hybridized carbons (Fsp3) is 0.556. The Labute approximate surface area is 161 Å². The highest BCUT2D eigenvalue weighted by Gasteiger charge is 2.24. The first-order valence-electron chi connectivity index (χ1n) is 8.15. The number of amides is 1. The van der Waals surface area contributed by atoms with E-state index in [1.807, 2.05) is 19.0 Å². The molecule has 2 N–H and O–H groups in total. The summed E-state index contributed by atoms with van der Waals surface area (Å²) in [6, 6.07) is 6.10. The van der Waals surface area contributed by atoms with Gasteiger partial charge in [0.15, 0.2) is 0 Å². The molecule has 0 spiro atoms. The topological polar surface area (TPSA) is 88.1 Å². The number of carbonyl (C=O) groups is 2. The summed E-state index contributed by atoms with van der Waals surface area (Å²) in [5, 5.41) is 11.7. The number of carboxylic acid groups (broad SMARTS) is 1. The highest BCUT2D eigenvalue weighted by atomic mass is 35.5. The third-order valence-electron chi connectivity index (χ3n) is 3.16. The Kier molecular flexibility index (Phi) is 10.0. The Hall–Kier alpha value is -1.99. The average Bonchev–Trinajstić information content (AvgIpc) is 2.46. The van der Waals surface area contributed by atoms with Crippen molar-refractivity contribution in [1.82, 2.24) is 10.2 Å². The van der Waals surface area contributed by atoms with Crippen molar-refractivity contribution in [3.63, 3.8) is 0 Å². The number of carbonyl (C=O) groups excluding carboxylic acids is 1. The van der Waals surface area contributed by atoms with Crippen molar-refractivity contribution in [2.75, 3.05) is 27.2 Å². The molecule has 0 aliphatic carbocycles. The SMILES string of the molecule is CN(C)CCOc1ccc(C[C@H](NC(=O)OC(C)(C)C)C(=O)O)cc1.Cl. The zero-order valence-corrected chi connectivity index (χ0v) is 16.8. The van der Waals surface area contributed by atoms with Gasteiger partial charge >= 0.3 is 12.1 Å². The summed E-state index contributed by atoms with van der Waals surface area (Å²) in [5.74, 6) is -0.394. The second-order valence-electron chi connectivity index (χ2n) is 7.04. The molecule has 8 heteroatoms. The molecular formula is C18H29ClN2O5. The van der Waals surface area contributed by atoms with E-state index in [0.717, 1.165) is 17.9 Å². The van der Waals surface area contributed by atoms with Gasteiger partial charge in [-0.15, -0.1) is 12.4 Å². The minimum Gasteiger partial charge on any atom is -0.492 e. The van der Waals surface area contributed by atoms with Crippen LogP contribution in [0.5, 0.6) is 5.75 Å². The number of rotatable bonds is 8. The molecule has 26 heavy (non-hydrogen) atoms. The molecule has 0 heterocycles. The highest BCUT2D eigenvalue weighted by molar-refractivity contribution is 5.85. The second-order valence-corrected chi connectivity index (χ2v) is 7.04. The van der Waals surface area contributed by atoms with Gasteiger partial charge in [-0.1, -0.05) is 12.1 Å². The monoisotopic (exact) mass is 388 g/mol. The number of halogens is 1. The molecule has 0 fully saturated rings. The predicted molar refractivity (Wildman–Crippen MR) is 102 cm³/mol. The van der Waals surface area contributed by atoms with Crippen LogP contribution >= 0.6 is 12.4 Å². The fourth-order valence-electron chi connectivity index (χ4n) is 1.95. The smallest absolute Gasteiger partial charge is 0.408 e. The molecule has 1 aromatic carbocycles. The summed E-state index contributed by atoms with van der Waals surface area (Å²) >= 11 is 0. The van der Waals surface area contributed by atoms with Gasteiger partial charge in [0.1, 0.15) is 24.0 Å². The van der Waals surface area contributed by atoms with Crippen molar-refractivity contribution >= 4 is 24.5 Å². The van der Waals surface area contributed by atoms with E-state index in [2.05, 4.69) is 5.32 Å². The van der Waals surface area contributed by atoms with Gasteiger partial charge in [-0.25, -0.2) is 9.59 Å². The molecule has 0 saturated heterocycles. The molecule has 1 atom stereocenters. The molecule has 148 valence electrons. The molecule has 0 bridgehead atoms. The lowest BCUT2D eigenvalue weighted by molar-refractivity contribution is -0.139. The lowest BCUT2D eigenvalue weighted by atomic mass is 10.1. The Bertz CT molecular complexity index is 570. The van der Waals surface area contributed by atoms with Crippen LogP contribution < -0.4 is 10.1 Å². The molecule has 1 rings (SSSR count). The summed E-state index contributed by atoms with van der Waals surface area (Å²) in [5.41, 5.74) is 0.0991. The molecule has 0 unspecified atom stereocenters. The van der Waals surface area contributed by atoms with Crippen molar-refractivity contribution in [2.24, 2.45) is 0 Å². The Morgan fingerprint density at radius 2 is 1.77 bits per heavy atom. The van der Waals surface area contributed by atoms with Gasteiger partial charge in [0, 0.05) is 13.0 Å². The van der Waals surface area contributed by atoms with Crippen molar-refractivity contribution in [3.05, 3.63) is 29.8 Å². The van der Waals surface area contributed by atoms with Crippen LogP contribution in [0.4, 0.5) is 4.79 Å². The Morgan fingerprint density at radius 1 is 1.19 bits per heavy atom. The van der Waals surface area contributed by atoms with E-state index in [4.69, 9.17) is 9.47 Å². The van der Waals surface area contributed by atoms with Crippen LogP contribution in [-0.2, 0) is 16.0 Å². The van der Waals surface area contributed by atoms with Crippen LogP contribution in [0.3, 0.4) is 0 Å². The number of carboxylic acids is 1. The maximum Gasteiger partial charge on any atom is 0.408 e. The van der Waals surface area contributed by atoms with Gasteiger partial charge in [-0.2, -0.15) is 0 Å². The minimum atomic E-state index is -1.11. The van der Waals surface area contributed by atoms with Crippen LogP contribution in [0.25, 0.3) is 0 Å². The van der Waals surface area contributed by atoms with Gasteiger partial charge in [-0.3, -0.25) is 0 Å². The number of alkyl carbamates (subject to hydrolysis) is 1. The van der Waals surface area contributed by atoms with Crippen LogP contribution in [0, 0.1) is 0 Å². The first kappa shape index (κ1) is 24.0. The number of hydrogen-bond donors (Lipinski definition) is 2. The summed E-state index contributed by atoms with van der Waals surface area (Å²) in [4.78, 5) is 25.2. The molecule has 0 aliphatic rings. The third-order valence-corrected chi connectivity index (χ3v) is 3.16. The molecule has 1 amide bonds. The normalized spacial score (nSPS) is 12.1. The van der Waals surface area contributed by atoms with Gasteiger partial charge in [-0.05, 0) is 52.6 Å². The Morgan fingerprint density at radius 3 is 2.23 bits per heavy atom. The zero-order chi connectivity index (χ0) is 19.0. The van der Waals surface area contributed by atoms with Gasteiger partial charge in [0.05, 0.1) is 0 Å².